The molecule has 0 aliphatic rings. The van der Waals surface area contributed by atoms with Gasteiger partial charge in [-0.15, -0.1) is 0 Å². The van der Waals surface area contributed by atoms with Crippen molar-refractivity contribution in [2.24, 2.45) is 0 Å². The Kier molecular flexibility index (Phi) is 6.21. The number of halogens is 2. The van der Waals surface area contributed by atoms with Crippen LogP contribution in [0, 0.1) is 10.1 Å². The minimum Gasteiger partial charge on any atom is -0.234 e. The fraction of sp³-hybridized carbons (Fsp3) is 0.400. The van der Waals surface area contributed by atoms with E-state index >= 15 is 0 Å². The second-order valence-electron chi connectivity index (χ2n) is 3.64. The van der Waals surface area contributed by atoms with Crippen molar-refractivity contribution in [1.82, 2.24) is 4.41 Å². The summed E-state index contributed by atoms with van der Waals surface area (Å²) in [6.07, 6.45) is 0.332. The zero-order valence-corrected chi connectivity index (χ0v) is 13.8. The maximum atomic E-state index is 12.1. The average Bonchev–Trinajstić information content (AvgIpc) is 2.39. The molecule has 106 valence electrons. The Labute approximate surface area is 128 Å². The SMILES string of the molecule is O=[N+]([O-])N(CCC(Br)CBr)S(=O)(=O)c1ccccc1. The Morgan fingerprint density at radius 3 is 2.37 bits per heavy atom. The van der Waals surface area contributed by atoms with Gasteiger partial charge in [0, 0.05) is 10.2 Å². The predicted octanol–water partition coefficient (Wildman–Crippen LogP) is 2.42. The number of rotatable bonds is 7. The molecule has 0 saturated heterocycles. The van der Waals surface area contributed by atoms with Gasteiger partial charge in [-0.05, 0) is 23.0 Å². The summed E-state index contributed by atoms with van der Waals surface area (Å²) >= 11 is 6.50. The smallest absolute Gasteiger partial charge is 0.234 e. The highest BCUT2D eigenvalue weighted by Crippen LogP contribution is 2.17. The van der Waals surface area contributed by atoms with Gasteiger partial charge in [-0.2, -0.15) is 8.42 Å². The van der Waals surface area contributed by atoms with Crippen LogP contribution >= 0.6 is 31.9 Å². The van der Waals surface area contributed by atoms with Crippen molar-refractivity contribution in [1.29, 1.82) is 0 Å². The highest BCUT2D eigenvalue weighted by atomic mass is 79.9. The van der Waals surface area contributed by atoms with Gasteiger partial charge >= 0.3 is 10.0 Å². The minimum atomic E-state index is -4.11. The maximum Gasteiger partial charge on any atom is 0.313 e. The van der Waals surface area contributed by atoms with Crippen LogP contribution in [0.1, 0.15) is 6.42 Å². The molecule has 0 aliphatic carbocycles. The summed E-state index contributed by atoms with van der Waals surface area (Å²) in [4.78, 5) is 10.8. The van der Waals surface area contributed by atoms with Gasteiger partial charge in [0.15, 0.2) is 5.03 Å². The molecule has 0 spiro atoms. The Balaban J connectivity index is 2.96. The summed E-state index contributed by atoms with van der Waals surface area (Å²) in [6, 6.07) is 7.37. The van der Waals surface area contributed by atoms with Gasteiger partial charge in [0.05, 0.1) is 11.4 Å². The Hall–Kier alpha value is -0.670. The largest absolute Gasteiger partial charge is 0.313 e. The van der Waals surface area contributed by atoms with Gasteiger partial charge in [-0.1, -0.05) is 50.1 Å². The lowest BCUT2D eigenvalue weighted by atomic mass is 10.3. The highest BCUT2D eigenvalue weighted by molar-refractivity contribution is 9.12. The lowest BCUT2D eigenvalue weighted by molar-refractivity contribution is -0.620. The van der Waals surface area contributed by atoms with Crippen LogP contribution in [0.15, 0.2) is 35.2 Å². The lowest BCUT2D eigenvalue weighted by Crippen LogP contribution is -2.37. The Morgan fingerprint density at radius 2 is 1.89 bits per heavy atom. The van der Waals surface area contributed by atoms with Crippen LogP contribution in [0.25, 0.3) is 0 Å². The van der Waals surface area contributed by atoms with E-state index in [-0.39, 0.29) is 20.7 Å². The summed E-state index contributed by atoms with van der Waals surface area (Å²) < 4.78 is 24.5. The highest BCUT2D eigenvalue weighted by Gasteiger charge is 2.32. The van der Waals surface area contributed by atoms with Crippen LogP contribution < -0.4 is 0 Å². The molecule has 1 rings (SSSR count). The molecule has 1 atom stereocenters. The number of sulfonamides is 1. The van der Waals surface area contributed by atoms with E-state index in [1.165, 1.54) is 24.3 Å². The lowest BCUT2D eigenvalue weighted by Gasteiger charge is -2.15. The van der Waals surface area contributed by atoms with Crippen LogP contribution in [-0.4, -0.2) is 34.6 Å². The zero-order valence-electron chi connectivity index (χ0n) is 9.78. The molecular weight excluding hydrogens is 404 g/mol. The number of alkyl halides is 2. The molecule has 6 nitrogen and oxygen atoms in total. The summed E-state index contributed by atoms with van der Waals surface area (Å²) in [6.45, 7) is -0.189. The third-order valence-corrected chi connectivity index (χ3v) is 6.47. The second-order valence-corrected chi connectivity index (χ2v) is 7.43. The topological polar surface area (TPSA) is 80.5 Å². The van der Waals surface area contributed by atoms with Crippen LogP contribution in [0.4, 0.5) is 0 Å². The van der Waals surface area contributed by atoms with Crippen molar-refractivity contribution >= 4 is 41.9 Å². The zero-order chi connectivity index (χ0) is 14.5. The molecule has 0 aliphatic heterocycles. The first-order chi connectivity index (χ1) is 8.89. The molecule has 0 fully saturated rings. The number of benzene rings is 1. The Bertz CT molecular complexity index is 524. The van der Waals surface area contributed by atoms with Crippen molar-refractivity contribution in [2.75, 3.05) is 11.9 Å². The van der Waals surface area contributed by atoms with E-state index in [1.807, 2.05) is 0 Å². The summed E-state index contributed by atoms with van der Waals surface area (Å²) in [5, 5.41) is 10.6. The first-order valence-corrected chi connectivity index (χ1v) is 8.79. The third kappa shape index (κ3) is 4.43. The molecular formula is C10H12Br2N2O4S. The number of hydrogen-bond donors (Lipinski definition) is 0. The molecule has 0 radical (unpaired) electrons. The van der Waals surface area contributed by atoms with Crippen LogP contribution in [0.2, 0.25) is 0 Å². The number of hydrogen-bond acceptors (Lipinski definition) is 4. The van der Waals surface area contributed by atoms with E-state index in [1.54, 1.807) is 6.07 Å². The molecule has 0 aromatic heterocycles. The molecule has 9 heteroatoms. The van der Waals surface area contributed by atoms with Crippen molar-refractivity contribution in [3.8, 4) is 0 Å². The molecule has 0 saturated carbocycles. The number of hydrazine groups is 1. The quantitative estimate of drug-likeness (QED) is 0.389. The van der Waals surface area contributed by atoms with E-state index in [4.69, 9.17) is 0 Å². The number of nitrogens with zero attached hydrogens (tertiary/aromatic N) is 2. The van der Waals surface area contributed by atoms with Gasteiger partial charge in [-0.3, -0.25) is 0 Å². The third-order valence-electron chi connectivity index (χ3n) is 2.30. The second kappa shape index (κ2) is 7.20. The fourth-order valence-electron chi connectivity index (χ4n) is 1.33. The van der Waals surface area contributed by atoms with Gasteiger partial charge in [-0.25, -0.2) is 10.1 Å². The molecule has 0 heterocycles. The van der Waals surface area contributed by atoms with Crippen molar-refractivity contribution < 1.29 is 13.5 Å². The van der Waals surface area contributed by atoms with Crippen LogP contribution in [-0.2, 0) is 10.0 Å². The van der Waals surface area contributed by atoms with E-state index in [0.717, 1.165) is 0 Å². The van der Waals surface area contributed by atoms with E-state index in [2.05, 4.69) is 31.9 Å². The molecule has 1 unspecified atom stereocenters. The fourth-order valence-corrected chi connectivity index (χ4v) is 3.13. The predicted molar refractivity (Wildman–Crippen MR) is 78.5 cm³/mol. The molecule has 1 aromatic rings. The van der Waals surface area contributed by atoms with Gasteiger partial charge in [0.25, 0.3) is 0 Å². The molecule has 0 N–H and O–H groups in total. The Morgan fingerprint density at radius 1 is 1.32 bits per heavy atom. The van der Waals surface area contributed by atoms with Gasteiger partial charge < -0.3 is 0 Å². The number of nitro groups is 1. The maximum absolute atomic E-state index is 12.1. The standard InChI is InChI=1S/C10H12Br2N2O4S/c11-8-9(12)6-7-13(14(15)16)19(17,18)10-4-2-1-3-5-10/h1-5,9H,6-8H2. The van der Waals surface area contributed by atoms with Crippen molar-refractivity contribution in [2.45, 2.75) is 16.1 Å². The summed E-state index contributed by atoms with van der Waals surface area (Å²) in [7, 11) is -4.11. The van der Waals surface area contributed by atoms with Crippen LogP contribution in [0.3, 0.4) is 0 Å². The average molecular weight is 416 g/mol. The normalized spacial score (nSPS) is 12.9. The van der Waals surface area contributed by atoms with Crippen molar-refractivity contribution in [3.05, 3.63) is 40.4 Å². The summed E-state index contributed by atoms with van der Waals surface area (Å²) in [5.74, 6) is 0. The van der Waals surface area contributed by atoms with Crippen molar-refractivity contribution in [3.63, 3.8) is 0 Å². The van der Waals surface area contributed by atoms with Crippen LogP contribution in [0.5, 0.6) is 0 Å². The molecule has 0 bridgehead atoms. The molecule has 1 aromatic carbocycles. The molecule has 19 heavy (non-hydrogen) atoms. The molecule has 0 amide bonds. The first-order valence-electron chi connectivity index (χ1n) is 5.31. The van der Waals surface area contributed by atoms with E-state index < -0.39 is 15.1 Å². The minimum absolute atomic E-state index is 0.0269. The first kappa shape index (κ1) is 16.4. The monoisotopic (exact) mass is 414 g/mol. The van der Waals surface area contributed by atoms with Gasteiger partial charge in [0.2, 0.25) is 0 Å². The van der Waals surface area contributed by atoms with E-state index in [0.29, 0.717) is 11.8 Å². The van der Waals surface area contributed by atoms with Gasteiger partial charge in [0.1, 0.15) is 0 Å². The van der Waals surface area contributed by atoms with E-state index in [9.17, 15) is 18.5 Å². The summed E-state index contributed by atoms with van der Waals surface area (Å²) in [5.41, 5.74) is 0.